The van der Waals surface area contributed by atoms with Crippen LogP contribution in [-0.2, 0) is 13.0 Å². The van der Waals surface area contributed by atoms with Gasteiger partial charge in [-0.05, 0) is 35.4 Å². The molecule has 0 radical (unpaired) electrons. The first-order valence-electron chi connectivity index (χ1n) is 6.05. The fourth-order valence-corrected chi connectivity index (χ4v) is 2.34. The third-order valence-electron chi connectivity index (χ3n) is 3.08. The minimum absolute atomic E-state index is 0.752. The summed E-state index contributed by atoms with van der Waals surface area (Å²) in [5, 5.41) is 4.12. The topological polar surface area (TPSA) is 21.3 Å². The van der Waals surface area contributed by atoms with Crippen LogP contribution in [0.4, 0.5) is 5.69 Å². The number of nitrogens with one attached hydrogen (secondary N) is 1. The van der Waals surface area contributed by atoms with Gasteiger partial charge in [0, 0.05) is 23.7 Å². The van der Waals surface area contributed by atoms with E-state index < -0.39 is 0 Å². The van der Waals surface area contributed by atoms with E-state index in [0.29, 0.717) is 0 Å². The molecule has 0 atom stereocenters. The van der Waals surface area contributed by atoms with E-state index >= 15 is 0 Å². The summed E-state index contributed by atoms with van der Waals surface area (Å²) in [7, 11) is 0. The molecule has 0 aliphatic carbocycles. The van der Waals surface area contributed by atoms with E-state index in [1.54, 1.807) is 0 Å². The predicted molar refractivity (Wildman–Crippen MR) is 74.4 cm³/mol. The SMILES string of the molecule is Clc1cccc(NCc2ccc3c(c2)CCO3)c1. The molecular formula is C15H14ClNO. The Labute approximate surface area is 112 Å². The van der Waals surface area contributed by atoms with Crippen molar-refractivity contribution in [3.8, 4) is 5.75 Å². The van der Waals surface area contributed by atoms with Crippen molar-refractivity contribution in [3.63, 3.8) is 0 Å². The molecule has 2 aromatic carbocycles. The predicted octanol–water partition coefficient (Wildman–Crippen LogP) is 3.89. The fourth-order valence-electron chi connectivity index (χ4n) is 2.15. The van der Waals surface area contributed by atoms with Crippen molar-refractivity contribution in [1.29, 1.82) is 0 Å². The molecule has 0 aromatic heterocycles. The zero-order chi connectivity index (χ0) is 12.4. The number of rotatable bonds is 3. The lowest BCUT2D eigenvalue weighted by Crippen LogP contribution is -1.99. The van der Waals surface area contributed by atoms with E-state index in [0.717, 1.165) is 36.0 Å². The Morgan fingerprint density at radius 2 is 2.11 bits per heavy atom. The first-order valence-corrected chi connectivity index (χ1v) is 6.43. The highest BCUT2D eigenvalue weighted by molar-refractivity contribution is 6.30. The number of fused-ring (bicyclic) bond motifs is 1. The van der Waals surface area contributed by atoms with Gasteiger partial charge in [0.25, 0.3) is 0 Å². The smallest absolute Gasteiger partial charge is 0.122 e. The average molecular weight is 260 g/mol. The van der Waals surface area contributed by atoms with Gasteiger partial charge in [-0.25, -0.2) is 0 Å². The van der Waals surface area contributed by atoms with Crippen LogP contribution < -0.4 is 10.1 Å². The molecule has 0 amide bonds. The number of anilines is 1. The monoisotopic (exact) mass is 259 g/mol. The summed E-state index contributed by atoms with van der Waals surface area (Å²) in [5.74, 6) is 1.03. The molecule has 0 fully saturated rings. The van der Waals surface area contributed by atoms with Gasteiger partial charge in [0.2, 0.25) is 0 Å². The van der Waals surface area contributed by atoms with Crippen LogP contribution in [0.5, 0.6) is 5.75 Å². The number of benzene rings is 2. The Bertz CT molecular complexity index is 568. The first-order chi connectivity index (χ1) is 8.81. The molecule has 92 valence electrons. The van der Waals surface area contributed by atoms with Crippen LogP contribution in [0.3, 0.4) is 0 Å². The Morgan fingerprint density at radius 1 is 1.17 bits per heavy atom. The molecule has 1 N–H and O–H groups in total. The van der Waals surface area contributed by atoms with Crippen LogP contribution in [0, 0.1) is 0 Å². The number of hydrogen-bond acceptors (Lipinski definition) is 2. The van der Waals surface area contributed by atoms with Crippen molar-refractivity contribution >= 4 is 17.3 Å². The minimum Gasteiger partial charge on any atom is -0.493 e. The molecule has 3 heteroatoms. The fraction of sp³-hybridized carbons (Fsp3) is 0.200. The van der Waals surface area contributed by atoms with Crippen LogP contribution >= 0.6 is 11.6 Å². The van der Waals surface area contributed by atoms with Gasteiger partial charge in [0.05, 0.1) is 6.61 Å². The summed E-state index contributed by atoms with van der Waals surface area (Å²) in [6.07, 6.45) is 1.01. The Morgan fingerprint density at radius 3 is 3.00 bits per heavy atom. The van der Waals surface area contributed by atoms with Crippen molar-refractivity contribution in [3.05, 3.63) is 58.6 Å². The number of ether oxygens (including phenoxy) is 1. The second-order valence-corrected chi connectivity index (χ2v) is 4.84. The Kier molecular flexibility index (Phi) is 3.11. The average Bonchev–Trinajstić information content (AvgIpc) is 2.84. The zero-order valence-electron chi connectivity index (χ0n) is 9.95. The molecule has 1 aliphatic heterocycles. The molecule has 0 bridgehead atoms. The van der Waals surface area contributed by atoms with Crippen LogP contribution in [0.25, 0.3) is 0 Å². The van der Waals surface area contributed by atoms with E-state index in [1.165, 1.54) is 11.1 Å². The van der Waals surface area contributed by atoms with Crippen LogP contribution in [0.2, 0.25) is 5.02 Å². The highest BCUT2D eigenvalue weighted by Gasteiger charge is 2.11. The normalized spacial score (nSPS) is 12.9. The first kappa shape index (κ1) is 11.4. The van der Waals surface area contributed by atoms with Gasteiger partial charge in [-0.1, -0.05) is 29.8 Å². The van der Waals surface area contributed by atoms with Crippen LogP contribution in [0.1, 0.15) is 11.1 Å². The summed E-state index contributed by atoms with van der Waals surface area (Å²) in [4.78, 5) is 0. The maximum absolute atomic E-state index is 5.95. The lowest BCUT2D eigenvalue weighted by atomic mass is 10.1. The molecule has 2 aromatic rings. The molecular weight excluding hydrogens is 246 g/mol. The van der Waals surface area contributed by atoms with Crippen molar-refractivity contribution in [2.75, 3.05) is 11.9 Å². The highest BCUT2D eigenvalue weighted by Crippen LogP contribution is 2.26. The maximum Gasteiger partial charge on any atom is 0.122 e. The lowest BCUT2D eigenvalue weighted by Gasteiger charge is -2.08. The second kappa shape index (κ2) is 4.91. The largest absolute Gasteiger partial charge is 0.493 e. The van der Waals surface area contributed by atoms with E-state index in [2.05, 4.69) is 23.5 Å². The van der Waals surface area contributed by atoms with E-state index in [9.17, 15) is 0 Å². The standard InChI is InChI=1S/C15H14ClNO/c16-13-2-1-3-14(9-13)17-10-11-4-5-15-12(8-11)6-7-18-15/h1-5,8-9,17H,6-7,10H2. The summed E-state index contributed by atoms with van der Waals surface area (Å²) < 4.78 is 5.49. The van der Waals surface area contributed by atoms with E-state index in [4.69, 9.17) is 16.3 Å². The molecule has 18 heavy (non-hydrogen) atoms. The van der Waals surface area contributed by atoms with E-state index in [-0.39, 0.29) is 0 Å². The summed E-state index contributed by atoms with van der Waals surface area (Å²) in [6, 6.07) is 14.1. The van der Waals surface area contributed by atoms with Gasteiger partial charge in [-0.3, -0.25) is 0 Å². The van der Waals surface area contributed by atoms with Crippen molar-refractivity contribution in [1.82, 2.24) is 0 Å². The maximum atomic E-state index is 5.95. The lowest BCUT2D eigenvalue weighted by molar-refractivity contribution is 0.357. The van der Waals surface area contributed by atoms with Crippen molar-refractivity contribution in [2.24, 2.45) is 0 Å². The van der Waals surface area contributed by atoms with Gasteiger partial charge in [0.1, 0.15) is 5.75 Å². The molecule has 0 saturated carbocycles. The molecule has 1 aliphatic rings. The second-order valence-electron chi connectivity index (χ2n) is 4.40. The molecule has 0 saturated heterocycles. The minimum atomic E-state index is 0.752. The van der Waals surface area contributed by atoms with Gasteiger partial charge in [0.15, 0.2) is 0 Å². The molecule has 2 nitrogen and oxygen atoms in total. The summed E-state index contributed by atoms with van der Waals surface area (Å²) in [5.41, 5.74) is 3.61. The van der Waals surface area contributed by atoms with Gasteiger partial charge in [-0.2, -0.15) is 0 Å². The molecule has 1 heterocycles. The van der Waals surface area contributed by atoms with Gasteiger partial charge in [-0.15, -0.1) is 0 Å². The van der Waals surface area contributed by atoms with Crippen LogP contribution in [-0.4, -0.2) is 6.61 Å². The molecule has 0 unspecified atom stereocenters. The van der Waals surface area contributed by atoms with Gasteiger partial charge >= 0.3 is 0 Å². The third-order valence-corrected chi connectivity index (χ3v) is 3.31. The van der Waals surface area contributed by atoms with Gasteiger partial charge < -0.3 is 10.1 Å². The van der Waals surface area contributed by atoms with E-state index in [1.807, 2.05) is 24.3 Å². The Balaban J connectivity index is 1.70. The molecule has 0 spiro atoms. The quantitative estimate of drug-likeness (QED) is 0.903. The number of hydrogen-bond donors (Lipinski definition) is 1. The third kappa shape index (κ3) is 2.44. The highest BCUT2D eigenvalue weighted by atomic mass is 35.5. The van der Waals surface area contributed by atoms with Crippen molar-refractivity contribution < 1.29 is 4.74 Å². The summed E-state index contributed by atoms with van der Waals surface area (Å²) in [6.45, 7) is 1.61. The van der Waals surface area contributed by atoms with Crippen LogP contribution in [0.15, 0.2) is 42.5 Å². The van der Waals surface area contributed by atoms with Crippen molar-refractivity contribution in [2.45, 2.75) is 13.0 Å². The zero-order valence-corrected chi connectivity index (χ0v) is 10.7. The molecule has 3 rings (SSSR count). The number of halogens is 1. The summed E-state index contributed by atoms with van der Waals surface area (Å²) >= 11 is 5.95. The Hall–Kier alpha value is -1.67.